The quantitative estimate of drug-likeness (QED) is 0.0438. The normalized spacial score (nSPS) is 11.5. The number of unbranched alkanes of at least 4 members (excludes halogenated alkanes) is 15. The van der Waals surface area contributed by atoms with Crippen molar-refractivity contribution in [3.8, 4) is 0 Å². The zero-order valence-electron chi connectivity index (χ0n) is 36.8. The van der Waals surface area contributed by atoms with E-state index in [1.165, 1.54) is 83.5 Å². The minimum atomic E-state index is -0.157. The summed E-state index contributed by atoms with van der Waals surface area (Å²) in [7, 11) is 0. The van der Waals surface area contributed by atoms with E-state index in [2.05, 4.69) is 13.8 Å². The third-order valence-corrected chi connectivity index (χ3v) is 8.84. The van der Waals surface area contributed by atoms with Gasteiger partial charge in [-0.3, -0.25) is 4.79 Å². The maximum Gasteiger partial charge on any atom is 0.305 e. The molecule has 0 spiro atoms. The average molecular weight is 825 g/mol. The van der Waals surface area contributed by atoms with Crippen molar-refractivity contribution in [2.24, 2.45) is 0 Å². The molecule has 0 aliphatic rings. The summed E-state index contributed by atoms with van der Waals surface area (Å²) in [6, 6.07) is 0. The Kier molecular flexibility index (Phi) is 52.1. The van der Waals surface area contributed by atoms with Crippen LogP contribution in [-0.4, -0.2) is 158 Å². The molecule has 0 aliphatic heterocycles. The SMILES string of the molecule is CCCCCCCCCCCCCCCCOCCOCCOCCOCCOCCOCCOCCOCCOCCOCCOCCOC(=O)CCCCC. The molecule has 0 aromatic carbocycles. The molecule has 0 aromatic rings. The van der Waals surface area contributed by atoms with Crippen LogP contribution in [0.2, 0.25) is 0 Å². The highest BCUT2D eigenvalue weighted by atomic mass is 16.6. The first-order chi connectivity index (χ1) is 28.3. The van der Waals surface area contributed by atoms with Crippen LogP contribution in [0.4, 0.5) is 0 Å². The fourth-order valence-corrected chi connectivity index (χ4v) is 5.51. The van der Waals surface area contributed by atoms with Gasteiger partial charge in [0.25, 0.3) is 0 Å². The van der Waals surface area contributed by atoms with Crippen molar-refractivity contribution in [3.05, 3.63) is 0 Å². The van der Waals surface area contributed by atoms with Crippen LogP contribution < -0.4 is 0 Å². The van der Waals surface area contributed by atoms with Gasteiger partial charge in [-0.25, -0.2) is 0 Å². The third-order valence-electron chi connectivity index (χ3n) is 8.84. The molecule has 0 amide bonds. The summed E-state index contributed by atoms with van der Waals surface area (Å²) in [5, 5.41) is 0. The van der Waals surface area contributed by atoms with Gasteiger partial charge in [-0.15, -0.1) is 0 Å². The maximum atomic E-state index is 11.5. The number of ether oxygens (including phenoxy) is 12. The summed E-state index contributed by atoms with van der Waals surface area (Å²) in [6.07, 6.45) is 22.7. The highest BCUT2D eigenvalue weighted by Gasteiger charge is 2.02. The van der Waals surface area contributed by atoms with E-state index in [0.717, 1.165) is 32.3 Å². The van der Waals surface area contributed by atoms with E-state index in [1.54, 1.807) is 0 Å². The molecule has 0 aromatic heterocycles. The fraction of sp³-hybridized carbons (Fsp3) is 0.977. The number of carbonyl (C=O) groups is 1. The zero-order valence-corrected chi connectivity index (χ0v) is 36.8. The summed E-state index contributed by atoms with van der Waals surface area (Å²) in [5.74, 6) is -0.157. The topological polar surface area (TPSA) is 128 Å². The summed E-state index contributed by atoms with van der Waals surface area (Å²) in [6.45, 7) is 16.3. The van der Waals surface area contributed by atoms with Crippen molar-refractivity contribution in [3.63, 3.8) is 0 Å². The Bertz CT molecular complexity index is 734. The van der Waals surface area contributed by atoms with Crippen molar-refractivity contribution in [1.29, 1.82) is 0 Å². The van der Waals surface area contributed by atoms with Crippen molar-refractivity contribution in [2.45, 2.75) is 129 Å². The Balaban J connectivity index is 3.08. The van der Waals surface area contributed by atoms with E-state index in [-0.39, 0.29) is 12.6 Å². The number of hydrogen-bond acceptors (Lipinski definition) is 13. The molecule has 0 rings (SSSR count). The Morgan fingerprint density at radius 1 is 0.246 bits per heavy atom. The lowest BCUT2D eigenvalue weighted by Gasteiger charge is -2.09. The number of hydrogen-bond donors (Lipinski definition) is 0. The molecule has 0 saturated carbocycles. The summed E-state index contributed by atoms with van der Waals surface area (Å²) in [4.78, 5) is 11.5. The molecule has 0 atom stereocenters. The highest BCUT2D eigenvalue weighted by molar-refractivity contribution is 5.69. The largest absolute Gasteiger partial charge is 0.463 e. The first kappa shape index (κ1) is 56.0. The molecule has 0 radical (unpaired) electrons. The predicted molar refractivity (Wildman–Crippen MR) is 224 cm³/mol. The fourth-order valence-electron chi connectivity index (χ4n) is 5.51. The molecule has 342 valence electrons. The average Bonchev–Trinajstić information content (AvgIpc) is 3.22. The van der Waals surface area contributed by atoms with Crippen LogP contribution in [0.15, 0.2) is 0 Å². The van der Waals surface area contributed by atoms with Gasteiger partial charge in [0, 0.05) is 13.0 Å². The summed E-state index contributed by atoms with van der Waals surface area (Å²) < 4.78 is 65.8. The van der Waals surface area contributed by atoms with Gasteiger partial charge < -0.3 is 56.8 Å². The number of rotatable bonds is 52. The van der Waals surface area contributed by atoms with E-state index in [1.807, 2.05) is 0 Å². The third kappa shape index (κ3) is 53.0. The second-order valence-electron chi connectivity index (χ2n) is 14.0. The van der Waals surface area contributed by atoms with Gasteiger partial charge in [0.05, 0.1) is 139 Å². The monoisotopic (exact) mass is 825 g/mol. The van der Waals surface area contributed by atoms with Gasteiger partial charge in [0.2, 0.25) is 0 Å². The van der Waals surface area contributed by atoms with E-state index in [9.17, 15) is 4.79 Å². The molecule has 0 N–H and O–H groups in total. The standard InChI is InChI=1S/C44H88O13/c1-3-5-7-8-9-10-11-12-13-14-15-16-17-19-21-46-22-23-47-24-25-48-26-27-49-28-29-50-30-31-51-32-33-52-34-35-53-36-37-54-38-39-55-40-41-56-42-43-57-44(45)20-18-6-4-2/h3-43H2,1-2H3. The van der Waals surface area contributed by atoms with Gasteiger partial charge in [0.15, 0.2) is 0 Å². The van der Waals surface area contributed by atoms with E-state index >= 15 is 0 Å². The number of carbonyl (C=O) groups excluding carboxylic acids is 1. The minimum Gasteiger partial charge on any atom is -0.463 e. The molecule has 57 heavy (non-hydrogen) atoms. The first-order valence-corrected chi connectivity index (χ1v) is 22.8. The maximum absolute atomic E-state index is 11.5. The second kappa shape index (κ2) is 53.0. The lowest BCUT2D eigenvalue weighted by molar-refractivity contribution is -0.145. The summed E-state index contributed by atoms with van der Waals surface area (Å²) in [5.41, 5.74) is 0. The molecule has 0 heterocycles. The molecular weight excluding hydrogens is 736 g/mol. The van der Waals surface area contributed by atoms with Gasteiger partial charge in [-0.2, -0.15) is 0 Å². The smallest absolute Gasteiger partial charge is 0.305 e. The van der Waals surface area contributed by atoms with Gasteiger partial charge in [-0.05, 0) is 12.8 Å². The highest BCUT2D eigenvalue weighted by Crippen LogP contribution is 2.13. The van der Waals surface area contributed by atoms with Crippen molar-refractivity contribution in [2.75, 3.05) is 152 Å². The van der Waals surface area contributed by atoms with Crippen molar-refractivity contribution < 1.29 is 61.6 Å². The predicted octanol–water partition coefficient (Wildman–Crippen LogP) is 7.77. The first-order valence-electron chi connectivity index (χ1n) is 22.8. The van der Waals surface area contributed by atoms with Gasteiger partial charge in [-0.1, -0.05) is 110 Å². The van der Waals surface area contributed by atoms with Crippen LogP contribution >= 0.6 is 0 Å². The van der Waals surface area contributed by atoms with Gasteiger partial charge in [0.1, 0.15) is 6.61 Å². The minimum absolute atomic E-state index is 0.157. The van der Waals surface area contributed by atoms with Crippen molar-refractivity contribution >= 4 is 5.97 Å². The number of esters is 1. The van der Waals surface area contributed by atoms with E-state index in [0.29, 0.717) is 145 Å². The zero-order chi connectivity index (χ0) is 41.1. The molecular formula is C44H88O13. The molecule has 0 aliphatic carbocycles. The summed E-state index contributed by atoms with van der Waals surface area (Å²) >= 11 is 0. The van der Waals surface area contributed by atoms with E-state index in [4.69, 9.17) is 56.8 Å². The Morgan fingerprint density at radius 2 is 0.456 bits per heavy atom. The van der Waals surface area contributed by atoms with Crippen LogP contribution in [0.1, 0.15) is 129 Å². The Morgan fingerprint density at radius 3 is 0.737 bits per heavy atom. The van der Waals surface area contributed by atoms with E-state index < -0.39 is 0 Å². The van der Waals surface area contributed by atoms with Crippen LogP contribution in [0, 0.1) is 0 Å². The van der Waals surface area contributed by atoms with Crippen LogP contribution in [-0.2, 0) is 61.6 Å². The molecule has 0 bridgehead atoms. The molecule has 0 fully saturated rings. The molecule has 0 unspecified atom stereocenters. The molecule has 0 saturated heterocycles. The molecule has 13 heteroatoms. The van der Waals surface area contributed by atoms with Crippen LogP contribution in [0.5, 0.6) is 0 Å². The Labute approximate surface area is 348 Å². The lowest BCUT2D eigenvalue weighted by Crippen LogP contribution is -2.15. The van der Waals surface area contributed by atoms with Crippen molar-refractivity contribution in [1.82, 2.24) is 0 Å². The van der Waals surface area contributed by atoms with Crippen LogP contribution in [0.3, 0.4) is 0 Å². The Hall–Kier alpha value is -0.970. The second-order valence-corrected chi connectivity index (χ2v) is 14.0. The lowest BCUT2D eigenvalue weighted by atomic mass is 10.0. The van der Waals surface area contributed by atoms with Crippen LogP contribution in [0.25, 0.3) is 0 Å². The molecule has 13 nitrogen and oxygen atoms in total. The van der Waals surface area contributed by atoms with Gasteiger partial charge >= 0.3 is 5.97 Å².